The Morgan fingerprint density at radius 1 is 1.56 bits per heavy atom. The minimum Gasteiger partial charge on any atom is -0.340 e. The van der Waals surface area contributed by atoms with Gasteiger partial charge in [-0.15, -0.1) is 0 Å². The predicted octanol–water partition coefficient (Wildman–Crippen LogP) is 1.91. The van der Waals surface area contributed by atoms with Crippen molar-refractivity contribution in [3.8, 4) is 0 Å². The molecule has 1 aromatic heterocycles. The fraction of sp³-hybridized carbons (Fsp3) is 0.667. The fourth-order valence-corrected chi connectivity index (χ4v) is 1.62. The Morgan fingerprint density at radius 3 is 2.81 bits per heavy atom. The highest BCUT2D eigenvalue weighted by atomic mass is 16.2. The van der Waals surface area contributed by atoms with Crippen LogP contribution in [0.2, 0.25) is 0 Å². The van der Waals surface area contributed by atoms with Gasteiger partial charge in [0.25, 0.3) is 0 Å². The molecule has 0 bridgehead atoms. The van der Waals surface area contributed by atoms with Crippen LogP contribution in [0.15, 0.2) is 12.3 Å². The second kappa shape index (κ2) is 5.68. The highest BCUT2D eigenvalue weighted by Gasteiger charge is 2.12. The van der Waals surface area contributed by atoms with E-state index in [0.29, 0.717) is 18.9 Å². The van der Waals surface area contributed by atoms with Crippen molar-refractivity contribution in [2.24, 2.45) is 5.92 Å². The summed E-state index contributed by atoms with van der Waals surface area (Å²) in [5, 5.41) is 4.19. The second-order valence-electron chi connectivity index (χ2n) is 4.49. The van der Waals surface area contributed by atoms with Crippen LogP contribution in [0.3, 0.4) is 0 Å². The molecule has 0 N–H and O–H groups in total. The van der Waals surface area contributed by atoms with Crippen LogP contribution in [-0.2, 0) is 17.9 Å². The molecule has 0 aliphatic heterocycles. The molecule has 0 fully saturated rings. The molecule has 0 aliphatic rings. The summed E-state index contributed by atoms with van der Waals surface area (Å²) in [6.45, 7) is 7.64. The van der Waals surface area contributed by atoms with Crippen molar-refractivity contribution in [1.82, 2.24) is 14.7 Å². The quantitative estimate of drug-likeness (QED) is 0.764. The van der Waals surface area contributed by atoms with Crippen molar-refractivity contribution in [3.05, 3.63) is 18.0 Å². The third-order valence-electron chi connectivity index (χ3n) is 2.51. The number of hydrogen-bond donors (Lipinski definition) is 0. The Balaban J connectivity index is 2.57. The summed E-state index contributed by atoms with van der Waals surface area (Å²) < 4.78 is 1.92. The number of aryl methyl sites for hydroxylation is 1. The van der Waals surface area contributed by atoms with Crippen LogP contribution in [0.1, 0.15) is 32.9 Å². The van der Waals surface area contributed by atoms with Crippen LogP contribution in [0.25, 0.3) is 0 Å². The van der Waals surface area contributed by atoms with Gasteiger partial charge in [-0.2, -0.15) is 5.10 Å². The maximum Gasteiger partial charge on any atom is 0.222 e. The Labute approximate surface area is 97.2 Å². The van der Waals surface area contributed by atoms with Crippen molar-refractivity contribution >= 4 is 5.91 Å². The largest absolute Gasteiger partial charge is 0.340 e. The van der Waals surface area contributed by atoms with Crippen molar-refractivity contribution < 1.29 is 4.79 Å². The first-order valence-corrected chi connectivity index (χ1v) is 5.79. The third-order valence-corrected chi connectivity index (χ3v) is 2.51. The van der Waals surface area contributed by atoms with Gasteiger partial charge in [0.15, 0.2) is 0 Å². The van der Waals surface area contributed by atoms with Gasteiger partial charge < -0.3 is 4.90 Å². The van der Waals surface area contributed by atoms with E-state index in [1.165, 1.54) is 0 Å². The van der Waals surface area contributed by atoms with Gasteiger partial charge in [0, 0.05) is 26.2 Å². The van der Waals surface area contributed by atoms with Gasteiger partial charge in [0.2, 0.25) is 5.91 Å². The Morgan fingerprint density at radius 2 is 2.25 bits per heavy atom. The Bertz CT molecular complexity index is 344. The van der Waals surface area contributed by atoms with Gasteiger partial charge in [0.1, 0.15) is 0 Å². The molecule has 1 aromatic rings. The normalized spacial score (nSPS) is 10.8. The third kappa shape index (κ3) is 3.36. The molecule has 0 aliphatic carbocycles. The monoisotopic (exact) mass is 223 g/mol. The predicted molar refractivity (Wildman–Crippen MR) is 63.8 cm³/mol. The minimum absolute atomic E-state index is 0.193. The van der Waals surface area contributed by atoms with E-state index in [-0.39, 0.29) is 5.91 Å². The molecule has 90 valence electrons. The van der Waals surface area contributed by atoms with Gasteiger partial charge in [0.05, 0.1) is 12.2 Å². The van der Waals surface area contributed by atoms with Crippen molar-refractivity contribution in [1.29, 1.82) is 0 Å². The zero-order valence-electron chi connectivity index (χ0n) is 10.6. The average Bonchev–Trinajstić information content (AvgIpc) is 2.64. The van der Waals surface area contributed by atoms with Gasteiger partial charge >= 0.3 is 0 Å². The van der Waals surface area contributed by atoms with E-state index in [1.54, 1.807) is 11.1 Å². The molecule has 0 spiro atoms. The molecule has 0 aromatic carbocycles. The Hall–Kier alpha value is -1.32. The Kier molecular flexibility index (Phi) is 4.52. The van der Waals surface area contributed by atoms with E-state index in [0.717, 1.165) is 12.2 Å². The van der Waals surface area contributed by atoms with E-state index in [9.17, 15) is 4.79 Å². The lowest BCUT2D eigenvalue weighted by atomic mass is 10.1. The number of carbonyl (C=O) groups excluding carboxylic acids is 1. The molecule has 0 saturated heterocycles. The summed E-state index contributed by atoms with van der Waals surface area (Å²) >= 11 is 0. The van der Waals surface area contributed by atoms with E-state index < -0.39 is 0 Å². The minimum atomic E-state index is 0.193. The van der Waals surface area contributed by atoms with Crippen LogP contribution in [0, 0.1) is 5.92 Å². The lowest BCUT2D eigenvalue weighted by molar-refractivity contribution is -0.131. The summed E-state index contributed by atoms with van der Waals surface area (Å²) in [6, 6.07) is 1.96. The van der Waals surface area contributed by atoms with Gasteiger partial charge in [-0.05, 0) is 18.9 Å². The topological polar surface area (TPSA) is 38.1 Å². The van der Waals surface area contributed by atoms with E-state index >= 15 is 0 Å². The number of hydrogen-bond acceptors (Lipinski definition) is 2. The molecule has 4 heteroatoms. The lowest BCUT2D eigenvalue weighted by Crippen LogP contribution is -2.28. The maximum absolute atomic E-state index is 11.8. The molecule has 1 amide bonds. The number of carbonyl (C=O) groups is 1. The van der Waals surface area contributed by atoms with Gasteiger partial charge in [-0.25, -0.2) is 0 Å². The average molecular weight is 223 g/mol. The standard InChI is InChI=1S/C12H21N3O/c1-5-15-11(6-7-13-15)9-14(4)12(16)8-10(2)3/h6-7,10H,5,8-9H2,1-4H3. The molecule has 4 nitrogen and oxygen atoms in total. The number of amides is 1. The molecule has 1 rings (SSSR count). The smallest absolute Gasteiger partial charge is 0.222 e. The molecular weight excluding hydrogens is 202 g/mol. The van der Waals surface area contributed by atoms with Crippen molar-refractivity contribution in [3.63, 3.8) is 0 Å². The zero-order chi connectivity index (χ0) is 12.1. The second-order valence-corrected chi connectivity index (χ2v) is 4.49. The van der Waals surface area contributed by atoms with Gasteiger partial charge in [-0.1, -0.05) is 13.8 Å². The van der Waals surface area contributed by atoms with Crippen LogP contribution >= 0.6 is 0 Å². The van der Waals surface area contributed by atoms with Crippen LogP contribution in [0.4, 0.5) is 0 Å². The van der Waals surface area contributed by atoms with Crippen LogP contribution in [0.5, 0.6) is 0 Å². The number of rotatable bonds is 5. The maximum atomic E-state index is 11.8. The molecule has 0 radical (unpaired) electrons. The van der Waals surface area contributed by atoms with E-state index in [1.807, 2.05) is 24.7 Å². The molecule has 0 saturated carbocycles. The van der Waals surface area contributed by atoms with Crippen molar-refractivity contribution in [2.75, 3.05) is 7.05 Å². The lowest BCUT2D eigenvalue weighted by Gasteiger charge is -2.18. The van der Waals surface area contributed by atoms with Gasteiger partial charge in [-0.3, -0.25) is 9.48 Å². The van der Waals surface area contributed by atoms with E-state index in [4.69, 9.17) is 0 Å². The molecule has 16 heavy (non-hydrogen) atoms. The summed E-state index contributed by atoms with van der Waals surface area (Å²) in [6.07, 6.45) is 2.39. The first-order chi connectivity index (χ1) is 7.54. The SMILES string of the molecule is CCn1nccc1CN(C)C(=O)CC(C)C. The van der Waals surface area contributed by atoms with E-state index in [2.05, 4.69) is 18.9 Å². The number of aromatic nitrogens is 2. The molecular formula is C12H21N3O. The zero-order valence-corrected chi connectivity index (χ0v) is 10.6. The van der Waals surface area contributed by atoms with Crippen molar-refractivity contribution in [2.45, 2.75) is 40.3 Å². The first kappa shape index (κ1) is 12.7. The molecule has 1 heterocycles. The molecule has 0 atom stereocenters. The summed E-state index contributed by atoms with van der Waals surface area (Å²) in [4.78, 5) is 13.5. The fourth-order valence-electron chi connectivity index (χ4n) is 1.62. The van der Waals surface area contributed by atoms with Crippen LogP contribution < -0.4 is 0 Å². The number of nitrogens with zero attached hydrogens (tertiary/aromatic N) is 3. The summed E-state index contributed by atoms with van der Waals surface area (Å²) in [5.74, 6) is 0.602. The first-order valence-electron chi connectivity index (χ1n) is 5.79. The van der Waals surface area contributed by atoms with Crippen LogP contribution in [-0.4, -0.2) is 27.6 Å². The summed E-state index contributed by atoms with van der Waals surface area (Å²) in [7, 11) is 1.84. The highest BCUT2D eigenvalue weighted by molar-refractivity contribution is 5.75. The highest BCUT2D eigenvalue weighted by Crippen LogP contribution is 2.07. The molecule has 0 unspecified atom stereocenters. The summed E-state index contributed by atoms with van der Waals surface area (Å²) in [5.41, 5.74) is 1.09.